The van der Waals surface area contributed by atoms with Crippen LogP contribution in [0.4, 0.5) is 5.69 Å². The zero-order valence-corrected chi connectivity index (χ0v) is 20.1. The van der Waals surface area contributed by atoms with Crippen molar-refractivity contribution in [3.63, 3.8) is 0 Å². The van der Waals surface area contributed by atoms with Crippen LogP contribution in [-0.4, -0.2) is 29.1 Å². The minimum absolute atomic E-state index is 0.125. The molecule has 2 aromatic carbocycles. The van der Waals surface area contributed by atoms with E-state index in [4.69, 9.17) is 14.5 Å². The second-order valence-electron chi connectivity index (χ2n) is 8.40. The Balaban J connectivity index is 1.65. The van der Waals surface area contributed by atoms with Gasteiger partial charge in [-0.25, -0.2) is 9.78 Å². The number of amides is 1. The molecule has 0 spiro atoms. The molecule has 0 aliphatic carbocycles. The van der Waals surface area contributed by atoms with Crippen LogP contribution in [0.1, 0.15) is 55.0 Å². The Bertz CT molecular complexity index is 1170. The summed E-state index contributed by atoms with van der Waals surface area (Å²) >= 11 is 1.65. The minimum atomic E-state index is -0.590. The number of nitrogens with zero attached hydrogens (tertiary/aromatic N) is 2. The Morgan fingerprint density at radius 2 is 2.06 bits per heavy atom. The first-order valence-corrected chi connectivity index (χ1v) is 12.1. The number of fused-ring (bicyclic) bond motifs is 1. The first kappa shape index (κ1) is 23.0. The Morgan fingerprint density at radius 1 is 1.24 bits per heavy atom. The number of aryl methyl sites for hydroxylation is 1. The monoisotopic (exact) mass is 464 g/mol. The van der Waals surface area contributed by atoms with Gasteiger partial charge in [0.15, 0.2) is 6.10 Å². The third-order valence-corrected chi connectivity index (χ3v) is 6.23. The summed E-state index contributed by atoms with van der Waals surface area (Å²) < 4.78 is 11.2. The van der Waals surface area contributed by atoms with E-state index in [1.165, 1.54) is 0 Å². The lowest BCUT2D eigenvalue weighted by Gasteiger charge is -2.33. The summed E-state index contributed by atoms with van der Waals surface area (Å²) in [5.74, 6) is 0.160. The molecule has 0 saturated carbocycles. The average Bonchev–Trinajstić information content (AvgIpc) is 3.25. The minimum Gasteiger partial charge on any atom is -0.479 e. The van der Waals surface area contributed by atoms with Crippen molar-refractivity contribution in [1.29, 1.82) is 0 Å². The average molecular weight is 465 g/mol. The van der Waals surface area contributed by atoms with Gasteiger partial charge in [-0.05, 0) is 69.5 Å². The van der Waals surface area contributed by atoms with Crippen LogP contribution in [0, 0.1) is 0 Å². The second kappa shape index (κ2) is 9.75. The number of carbonyl (C=O) groups excluding carboxylic acids is 2. The summed E-state index contributed by atoms with van der Waals surface area (Å²) in [7, 11) is 0. The predicted octanol–water partition coefficient (Wildman–Crippen LogP) is 5.64. The fourth-order valence-electron chi connectivity index (χ4n) is 3.76. The van der Waals surface area contributed by atoms with Crippen LogP contribution in [-0.2, 0) is 22.5 Å². The van der Waals surface area contributed by atoms with Crippen molar-refractivity contribution >= 4 is 28.9 Å². The number of aromatic nitrogens is 1. The molecule has 33 heavy (non-hydrogen) atoms. The standard InChI is InChI=1S/C26H28N2O4S/c1-5-7-24-27-21(15-33-24)19-10-11-23-22(13-19)28(25(29)17(4)32-23)14-18-8-6-9-20(12-18)26(30)31-16(2)3/h6,8-13,15-17H,5,7,14H2,1-4H3. The van der Waals surface area contributed by atoms with E-state index in [1.54, 1.807) is 35.3 Å². The highest BCUT2D eigenvalue weighted by Crippen LogP contribution is 2.38. The van der Waals surface area contributed by atoms with Gasteiger partial charge >= 0.3 is 5.97 Å². The molecule has 1 unspecified atom stereocenters. The Hall–Kier alpha value is -3.19. The van der Waals surface area contributed by atoms with E-state index in [0.717, 1.165) is 34.7 Å². The van der Waals surface area contributed by atoms with Crippen molar-refractivity contribution in [2.75, 3.05) is 4.90 Å². The topological polar surface area (TPSA) is 68.7 Å². The first-order chi connectivity index (χ1) is 15.9. The predicted molar refractivity (Wildman–Crippen MR) is 130 cm³/mol. The van der Waals surface area contributed by atoms with Gasteiger partial charge in [-0.15, -0.1) is 11.3 Å². The number of hydrogen-bond acceptors (Lipinski definition) is 6. The van der Waals surface area contributed by atoms with Crippen molar-refractivity contribution < 1.29 is 19.1 Å². The van der Waals surface area contributed by atoms with Gasteiger partial charge in [0.25, 0.3) is 5.91 Å². The van der Waals surface area contributed by atoms with E-state index in [2.05, 4.69) is 12.3 Å². The zero-order chi connectivity index (χ0) is 23.5. The van der Waals surface area contributed by atoms with Crippen LogP contribution >= 0.6 is 11.3 Å². The maximum absolute atomic E-state index is 13.1. The number of carbonyl (C=O) groups is 2. The molecule has 0 bridgehead atoms. The normalized spacial score (nSPS) is 15.4. The van der Waals surface area contributed by atoms with Gasteiger partial charge in [0.05, 0.1) is 34.6 Å². The summed E-state index contributed by atoms with van der Waals surface area (Å²) in [5.41, 5.74) is 3.85. The fourth-order valence-corrected chi connectivity index (χ4v) is 4.67. The molecule has 0 radical (unpaired) electrons. The lowest BCUT2D eigenvalue weighted by molar-refractivity contribution is -0.125. The van der Waals surface area contributed by atoms with Crippen molar-refractivity contribution in [2.24, 2.45) is 0 Å². The SMILES string of the molecule is CCCc1nc(-c2ccc3c(c2)N(Cc2cccc(C(=O)OC(C)C)c2)C(=O)C(C)O3)cs1. The summed E-state index contributed by atoms with van der Waals surface area (Å²) in [6.45, 7) is 7.85. The molecule has 172 valence electrons. The largest absolute Gasteiger partial charge is 0.479 e. The number of rotatable bonds is 7. The van der Waals surface area contributed by atoms with Gasteiger partial charge in [-0.2, -0.15) is 0 Å². The van der Waals surface area contributed by atoms with Crippen molar-refractivity contribution in [3.8, 4) is 17.0 Å². The molecule has 1 aliphatic rings. The fraction of sp³-hybridized carbons (Fsp3) is 0.346. The summed E-state index contributed by atoms with van der Waals surface area (Å²) in [4.78, 5) is 31.9. The summed E-state index contributed by atoms with van der Waals surface area (Å²) in [6, 6.07) is 13.0. The number of thiazole rings is 1. The van der Waals surface area contributed by atoms with E-state index in [1.807, 2.05) is 44.2 Å². The molecular formula is C26H28N2O4S. The van der Waals surface area contributed by atoms with Crippen LogP contribution in [0.15, 0.2) is 47.8 Å². The number of hydrogen-bond donors (Lipinski definition) is 0. The molecule has 0 saturated heterocycles. The van der Waals surface area contributed by atoms with Gasteiger partial charge in [0.1, 0.15) is 5.75 Å². The van der Waals surface area contributed by atoms with Crippen LogP contribution in [0.25, 0.3) is 11.3 Å². The second-order valence-corrected chi connectivity index (χ2v) is 9.34. The molecule has 0 N–H and O–H groups in total. The molecule has 1 amide bonds. The van der Waals surface area contributed by atoms with Gasteiger partial charge in [0.2, 0.25) is 0 Å². The van der Waals surface area contributed by atoms with Crippen LogP contribution < -0.4 is 9.64 Å². The molecule has 4 rings (SSSR count). The van der Waals surface area contributed by atoms with E-state index >= 15 is 0 Å². The van der Waals surface area contributed by atoms with Crippen LogP contribution in [0.2, 0.25) is 0 Å². The lowest BCUT2D eigenvalue weighted by atomic mass is 10.1. The Kier molecular flexibility index (Phi) is 6.79. The van der Waals surface area contributed by atoms with Gasteiger partial charge < -0.3 is 14.4 Å². The molecule has 6 nitrogen and oxygen atoms in total. The molecule has 1 atom stereocenters. The van der Waals surface area contributed by atoms with Gasteiger partial charge in [-0.1, -0.05) is 19.1 Å². The number of ether oxygens (including phenoxy) is 2. The molecule has 1 aliphatic heterocycles. The smallest absolute Gasteiger partial charge is 0.338 e. The highest BCUT2D eigenvalue weighted by molar-refractivity contribution is 7.09. The quantitative estimate of drug-likeness (QED) is 0.423. The van der Waals surface area contributed by atoms with E-state index < -0.39 is 6.10 Å². The first-order valence-electron chi connectivity index (χ1n) is 11.2. The molecule has 1 aromatic heterocycles. The van der Waals surface area contributed by atoms with Crippen molar-refractivity contribution in [2.45, 2.75) is 59.3 Å². The molecular weight excluding hydrogens is 436 g/mol. The zero-order valence-electron chi connectivity index (χ0n) is 19.3. The number of esters is 1. The van der Waals surface area contributed by atoms with E-state index in [-0.39, 0.29) is 18.0 Å². The maximum Gasteiger partial charge on any atom is 0.338 e. The highest BCUT2D eigenvalue weighted by Gasteiger charge is 2.32. The summed E-state index contributed by atoms with van der Waals surface area (Å²) in [5, 5.41) is 3.16. The Labute approximate surface area is 198 Å². The maximum atomic E-state index is 13.1. The molecule has 3 aromatic rings. The van der Waals surface area contributed by atoms with Crippen molar-refractivity contribution in [3.05, 3.63) is 64.0 Å². The van der Waals surface area contributed by atoms with Gasteiger partial charge in [-0.3, -0.25) is 4.79 Å². The summed E-state index contributed by atoms with van der Waals surface area (Å²) in [6.07, 6.45) is 1.22. The third kappa shape index (κ3) is 5.09. The number of benzene rings is 2. The lowest BCUT2D eigenvalue weighted by Crippen LogP contribution is -2.44. The Morgan fingerprint density at radius 3 is 2.82 bits per heavy atom. The number of anilines is 1. The molecule has 2 heterocycles. The molecule has 7 heteroatoms. The third-order valence-electron chi connectivity index (χ3n) is 5.32. The molecule has 0 fully saturated rings. The van der Waals surface area contributed by atoms with E-state index in [9.17, 15) is 9.59 Å². The van der Waals surface area contributed by atoms with Crippen molar-refractivity contribution in [1.82, 2.24) is 4.98 Å². The van der Waals surface area contributed by atoms with Gasteiger partial charge in [0, 0.05) is 10.9 Å². The van der Waals surface area contributed by atoms with E-state index in [0.29, 0.717) is 23.5 Å². The highest BCUT2D eigenvalue weighted by atomic mass is 32.1. The van der Waals surface area contributed by atoms with Crippen LogP contribution in [0.5, 0.6) is 5.75 Å². The van der Waals surface area contributed by atoms with Crippen LogP contribution in [0.3, 0.4) is 0 Å².